The van der Waals surface area contributed by atoms with Crippen molar-refractivity contribution in [2.45, 2.75) is 11.7 Å². The molecule has 0 radical (unpaired) electrons. The zero-order chi connectivity index (χ0) is 17.6. The smallest absolute Gasteiger partial charge is 0.230 e. The Kier molecular flexibility index (Phi) is 5.88. The van der Waals surface area contributed by atoms with E-state index in [9.17, 15) is 9.18 Å². The van der Waals surface area contributed by atoms with Crippen molar-refractivity contribution in [1.82, 2.24) is 15.3 Å². The number of hydrogen-bond donors (Lipinski definition) is 2. The van der Waals surface area contributed by atoms with Crippen molar-refractivity contribution in [3.05, 3.63) is 70.6 Å². The predicted molar refractivity (Wildman–Crippen MR) is 101 cm³/mol. The average Bonchev–Trinajstić information content (AvgIpc) is 3.09. The molecule has 2 N–H and O–H groups in total. The molecule has 128 valence electrons. The Morgan fingerprint density at radius 1 is 1.16 bits per heavy atom. The first-order valence-electron chi connectivity index (χ1n) is 7.55. The van der Waals surface area contributed by atoms with Crippen LogP contribution in [-0.2, 0) is 11.3 Å². The molecule has 2 aromatic carbocycles. The number of carbonyl (C=O) groups is 1. The first-order chi connectivity index (χ1) is 12.1. The van der Waals surface area contributed by atoms with Gasteiger partial charge in [0.15, 0.2) is 5.16 Å². The standard InChI is InChI=1S/C18H15BrFN3OS/c19-14-5-3-13(4-6-14)16-10-22-18(23-16)25-11-17(24)21-9-12-1-7-15(20)8-2-12/h1-8,10H,9,11H2,(H,21,24)(H,22,23). The minimum Gasteiger partial charge on any atom is -0.351 e. The number of rotatable bonds is 6. The summed E-state index contributed by atoms with van der Waals surface area (Å²) in [6.45, 7) is 0.377. The van der Waals surface area contributed by atoms with E-state index in [0.717, 1.165) is 21.3 Å². The summed E-state index contributed by atoms with van der Waals surface area (Å²) in [6, 6.07) is 14.0. The Morgan fingerprint density at radius 3 is 2.60 bits per heavy atom. The van der Waals surface area contributed by atoms with Gasteiger partial charge in [-0.3, -0.25) is 4.79 Å². The molecular weight excluding hydrogens is 405 g/mol. The minimum absolute atomic E-state index is 0.101. The Morgan fingerprint density at radius 2 is 1.88 bits per heavy atom. The van der Waals surface area contributed by atoms with Crippen molar-refractivity contribution in [3.8, 4) is 11.3 Å². The molecule has 0 spiro atoms. The quantitative estimate of drug-likeness (QED) is 0.582. The zero-order valence-electron chi connectivity index (χ0n) is 13.1. The van der Waals surface area contributed by atoms with Gasteiger partial charge in [-0.1, -0.05) is 52.0 Å². The number of amides is 1. The average molecular weight is 420 g/mol. The van der Waals surface area contributed by atoms with Gasteiger partial charge in [0.05, 0.1) is 17.6 Å². The Balaban J connectivity index is 1.49. The highest BCUT2D eigenvalue weighted by Crippen LogP contribution is 2.23. The van der Waals surface area contributed by atoms with Gasteiger partial charge >= 0.3 is 0 Å². The largest absolute Gasteiger partial charge is 0.351 e. The summed E-state index contributed by atoms with van der Waals surface area (Å²) in [6.07, 6.45) is 1.75. The fraction of sp³-hybridized carbons (Fsp3) is 0.111. The summed E-state index contributed by atoms with van der Waals surface area (Å²) in [7, 11) is 0. The number of imidazole rings is 1. The number of nitrogens with zero attached hydrogens (tertiary/aromatic N) is 1. The maximum Gasteiger partial charge on any atom is 0.230 e. The molecule has 1 aromatic heterocycles. The molecule has 3 rings (SSSR count). The van der Waals surface area contributed by atoms with E-state index >= 15 is 0 Å². The highest BCUT2D eigenvalue weighted by atomic mass is 79.9. The van der Waals surface area contributed by atoms with Crippen LogP contribution in [0.2, 0.25) is 0 Å². The van der Waals surface area contributed by atoms with Crippen LogP contribution in [0.15, 0.2) is 64.4 Å². The van der Waals surface area contributed by atoms with E-state index in [2.05, 4.69) is 31.2 Å². The highest BCUT2D eigenvalue weighted by molar-refractivity contribution is 9.10. The van der Waals surface area contributed by atoms with Gasteiger partial charge in [0, 0.05) is 11.0 Å². The van der Waals surface area contributed by atoms with E-state index < -0.39 is 0 Å². The number of H-pyrrole nitrogens is 1. The predicted octanol–water partition coefficient (Wildman–Crippen LogP) is 4.39. The lowest BCUT2D eigenvalue weighted by molar-refractivity contribution is -0.118. The molecule has 4 nitrogen and oxygen atoms in total. The maximum atomic E-state index is 12.8. The number of halogens is 2. The summed E-state index contributed by atoms with van der Waals surface area (Å²) < 4.78 is 13.9. The van der Waals surface area contributed by atoms with Gasteiger partial charge in [0.2, 0.25) is 5.91 Å². The molecule has 25 heavy (non-hydrogen) atoms. The van der Waals surface area contributed by atoms with Crippen LogP contribution in [-0.4, -0.2) is 21.6 Å². The third-order valence-electron chi connectivity index (χ3n) is 3.45. The van der Waals surface area contributed by atoms with E-state index in [1.807, 2.05) is 24.3 Å². The van der Waals surface area contributed by atoms with Gasteiger partial charge in [-0.05, 0) is 35.4 Å². The van der Waals surface area contributed by atoms with E-state index in [-0.39, 0.29) is 17.5 Å². The van der Waals surface area contributed by atoms with Crippen molar-refractivity contribution in [1.29, 1.82) is 0 Å². The van der Waals surface area contributed by atoms with Crippen molar-refractivity contribution in [2.75, 3.05) is 5.75 Å². The van der Waals surface area contributed by atoms with Crippen molar-refractivity contribution in [2.24, 2.45) is 0 Å². The third-order valence-corrected chi connectivity index (χ3v) is 4.87. The van der Waals surface area contributed by atoms with Gasteiger partial charge in [-0.2, -0.15) is 0 Å². The normalized spacial score (nSPS) is 10.6. The molecule has 0 saturated heterocycles. The number of thioether (sulfide) groups is 1. The van der Waals surface area contributed by atoms with E-state index in [1.54, 1.807) is 18.3 Å². The SMILES string of the molecule is O=C(CSc1ncc(-c2ccc(Br)cc2)[nH]1)NCc1ccc(F)cc1. The number of aromatic nitrogens is 2. The van der Waals surface area contributed by atoms with Crippen LogP contribution in [0.4, 0.5) is 4.39 Å². The lowest BCUT2D eigenvalue weighted by atomic mass is 10.2. The third kappa shape index (κ3) is 5.17. The number of aromatic amines is 1. The van der Waals surface area contributed by atoms with Crippen LogP contribution in [0.25, 0.3) is 11.3 Å². The summed E-state index contributed by atoms with van der Waals surface area (Å²) in [5.41, 5.74) is 2.79. The summed E-state index contributed by atoms with van der Waals surface area (Å²) in [5, 5.41) is 3.49. The van der Waals surface area contributed by atoms with Crippen molar-refractivity contribution in [3.63, 3.8) is 0 Å². The second-order valence-corrected chi connectivity index (χ2v) is 7.18. The van der Waals surface area contributed by atoms with E-state index in [0.29, 0.717) is 11.7 Å². The lowest BCUT2D eigenvalue weighted by Crippen LogP contribution is -2.24. The van der Waals surface area contributed by atoms with Gasteiger partial charge in [-0.25, -0.2) is 9.37 Å². The first kappa shape index (κ1) is 17.7. The van der Waals surface area contributed by atoms with Crippen LogP contribution in [0.3, 0.4) is 0 Å². The Hall–Kier alpha value is -2.12. The number of benzene rings is 2. The molecule has 0 aliphatic heterocycles. The summed E-state index contributed by atoms with van der Waals surface area (Å²) >= 11 is 4.74. The maximum absolute atomic E-state index is 12.8. The molecule has 1 heterocycles. The number of nitrogens with one attached hydrogen (secondary N) is 2. The summed E-state index contributed by atoms with van der Waals surface area (Å²) in [5.74, 6) is -0.130. The number of carbonyl (C=O) groups excluding carboxylic acids is 1. The van der Waals surface area contributed by atoms with Crippen LogP contribution in [0, 0.1) is 5.82 Å². The molecule has 0 atom stereocenters. The lowest BCUT2D eigenvalue weighted by Gasteiger charge is -2.04. The van der Waals surface area contributed by atoms with Gasteiger partial charge in [0.25, 0.3) is 0 Å². The zero-order valence-corrected chi connectivity index (χ0v) is 15.5. The van der Waals surface area contributed by atoms with Gasteiger partial charge < -0.3 is 10.3 Å². The second-order valence-electron chi connectivity index (χ2n) is 5.30. The van der Waals surface area contributed by atoms with Crippen LogP contribution >= 0.6 is 27.7 Å². The Labute approximate surface area is 157 Å². The highest BCUT2D eigenvalue weighted by Gasteiger charge is 2.07. The van der Waals surface area contributed by atoms with Gasteiger partial charge in [0.1, 0.15) is 5.82 Å². The summed E-state index contributed by atoms with van der Waals surface area (Å²) in [4.78, 5) is 19.4. The topological polar surface area (TPSA) is 57.8 Å². The van der Waals surface area contributed by atoms with E-state index in [1.165, 1.54) is 23.9 Å². The van der Waals surface area contributed by atoms with Crippen LogP contribution in [0.1, 0.15) is 5.56 Å². The second kappa shape index (κ2) is 8.31. The number of hydrogen-bond acceptors (Lipinski definition) is 3. The fourth-order valence-corrected chi connectivity index (χ4v) is 3.08. The molecular formula is C18H15BrFN3OS. The molecule has 0 unspecified atom stereocenters. The first-order valence-corrected chi connectivity index (χ1v) is 9.33. The fourth-order valence-electron chi connectivity index (χ4n) is 2.14. The van der Waals surface area contributed by atoms with Crippen LogP contribution in [0.5, 0.6) is 0 Å². The minimum atomic E-state index is -0.287. The molecule has 0 bridgehead atoms. The molecule has 3 aromatic rings. The van der Waals surface area contributed by atoms with E-state index in [4.69, 9.17) is 0 Å². The van der Waals surface area contributed by atoms with Crippen LogP contribution < -0.4 is 5.32 Å². The molecule has 0 aliphatic rings. The molecule has 0 fully saturated rings. The van der Waals surface area contributed by atoms with Crippen molar-refractivity contribution >= 4 is 33.6 Å². The monoisotopic (exact) mass is 419 g/mol. The van der Waals surface area contributed by atoms with Crippen molar-refractivity contribution < 1.29 is 9.18 Å². The Bertz CT molecular complexity index is 850. The molecule has 1 amide bonds. The molecule has 0 saturated carbocycles. The van der Waals surface area contributed by atoms with Gasteiger partial charge in [-0.15, -0.1) is 0 Å². The molecule has 7 heteroatoms. The molecule has 0 aliphatic carbocycles.